The van der Waals surface area contributed by atoms with Crippen LogP contribution in [0, 0.1) is 13.8 Å². The van der Waals surface area contributed by atoms with E-state index in [1.54, 1.807) is 12.0 Å². The highest BCUT2D eigenvalue weighted by atomic mass is 16.5. The first-order valence-corrected chi connectivity index (χ1v) is 11.7. The van der Waals surface area contributed by atoms with Crippen LogP contribution in [0.25, 0.3) is 5.76 Å². The first kappa shape index (κ1) is 24.6. The quantitative estimate of drug-likeness (QED) is 0.231. The van der Waals surface area contributed by atoms with Crippen molar-refractivity contribution in [1.29, 1.82) is 0 Å². The Hall–Kier alpha value is -3.08. The van der Waals surface area contributed by atoms with Gasteiger partial charge in [0, 0.05) is 12.1 Å². The summed E-state index contributed by atoms with van der Waals surface area (Å²) < 4.78 is 5.53. The van der Waals surface area contributed by atoms with E-state index in [1.807, 2.05) is 50.2 Å². The molecule has 1 fully saturated rings. The molecule has 2 aromatic rings. The summed E-state index contributed by atoms with van der Waals surface area (Å²) in [6, 6.07) is 11.0. The van der Waals surface area contributed by atoms with Crippen molar-refractivity contribution in [3.63, 3.8) is 0 Å². The Balaban J connectivity index is 2.22. The Morgan fingerprint density at radius 3 is 2.45 bits per heavy atom. The zero-order valence-corrected chi connectivity index (χ0v) is 20.6. The van der Waals surface area contributed by atoms with Crippen LogP contribution in [0.2, 0.25) is 0 Å². The molecule has 0 aliphatic carbocycles. The summed E-state index contributed by atoms with van der Waals surface area (Å²) >= 11 is 0. The van der Waals surface area contributed by atoms with Gasteiger partial charge < -0.3 is 14.7 Å². The van der Waals surface area contributed by atoms with Crippen molar-refractivity contribution >= 4 is 17.4 Å². The van der Waals surface area contributed by atoms with Crippen LogP contribution in [-0.2, 0) is 9.59 Å². The Labute approximate surface area is 197 Å². The molecule has 1 aliphatic rings. The van der Waals surface area contributed by atoms with Gasteiger partial charge in [-0.25, -0.2) is 0 Å². The normalized spacial score (nSPS) is 17.8. The number of amides is 1. The number of rotatable bonds is 8. The third kappa shape index (κ3) is 4.82. The molecule has 176 valence electrons. The van der Waals surface area contributed by atoms with E-state index < -0.39 is 17.7 Å². The molecule has 5 nitrogen and oxygen atoms in total. The van der Waals surface area contributed by atoms with Gasteiger partial charge in [0.2, 0.25) is 0 Å². The van der Waals surface area contributed by atoms with E-state index in [1.165, 1.54) is 0 Å². The summed E-state index contributed by atoms with van der Waals surface area (Å²) in [6.45, 7) is 10.5. The van der Waals surface area contributed by atoms with Crippen molar-refractivity contribution in [3.05, 3.63) is 69.8 Å². The van der Waals surface area contributed by atoms with Crippen molar-refractivity contribution in [2.24, 2.45) is 0 Å². The number of nitrogens with zero attached hydrogens (tertiary/aromatic N) is 1. The van der Waals surface area contributed by atoms with Crippen molar-refractivity contribution in [2.75, 3.05) is 13.7 Å². The van der Waals surface area contributed by atoms with E-state index >= 15 is 0 Å². The second-order valence-corrected chi connectivity index (χ2v) is 9.18. The molecule has 2 aromatic carbocycles. The van der Waals surface area contributed by atoms with Crippen molar-refractivity contribution < 1.29 is 19.4 Å². The molecule has 0 radical (unpaired) electrons. The highest BCUT2D eigenvalue weighted by Crippen LogP contribution is 2.41. The SMILES string of the molecule is CCCCCN1C(=O)C(=O)/C(=C(/O)c2cc(C(C)C)c(OC)cc2C)C1c1cccc(C)c1. The van der Waals surface area contributed by atoms with Crippen LogP contribution in [0.5, 0.6) is 5.75 Å². The van der Waals surface area contributed by atoms with Gasteiger partial charge >= 0.3 is 0 Å². The number of methoxy groups -OCH3 is 1. The molecule has 0 aromatic heterocycles. The predicted octanol–water partition coefficient (Wildman–Crippen LogP) is 6.05. The number of ether oxygens (including phenoxy) is 1. The highest BCUT2D eigenvalue weighted by Gasteiger charge is 2.46. The van der Waals surface area contributed by atoms with Crippen molar-refractivity contribution in [2.45, 2.75) is 65.8 Å². The van der Waals surface area contributed by atoms with Gasteiger partial charge in [0.15, 0.2) is 0 Å². The molecule has 3 rings (SSSR count). The molecule has 1 unspecified atom stereocenters. The van der Waals surface area contributed by atoms with E-state index in [4.69, 9.17) is 4.74 Å². The van der Waals surface area contributed by atoms with E-state index in [9.17, 15) is 14.7 Å². The summed E-state index contributed by atoms with van der Waals surface area (Å²) in [5.41, 5.74) is 4.31. The number of aryl methyl sites for hydroxylation is 2. The molecule has 0 spiro atoms. The minimum absolute atomic E-state index is 0.125. The van der Waals surface area contributed by atoms with Crippen LogP contribution in [0.15, 0.2) is 42.0 Å². The molecule has 5 heteroatoms. The fourth-order valence-corrected chi connectivity index (χ4v) is 4.56. The maximum atomic E-state index is 13.3. The van der Waals surface area contributed by atoms with Crippen LogP contribution in [0.3, 0.4) is 0 Å². The van der Waals surface area contributed by atoms with Crippen LogP contribution in [-0.4, -0.2) is 35.4 Å². The average Bonchev–Trinajstić information content (AvgIpc) is 3.03. The number of Topliss-reactive ketones (excluding diaryl/α,β-unsaturated/α-hetero) is 1. The zero-order valence-electron chi connectivity index (χ0n) is 20.6. The number of unbranched alkanes of at least 4 members (excludes halogenated alkanes) is 2. The lowest BCUT2D eigenvalue weighted by Gasteiger charge is -2.26. The summed E-state index contributed by atoms with van der Waals surface area (Å²) in [5.74, 6) is -0.392. The number of benzene rings is 2. The van der Waals surface area contributed by atoms with Crippen molar-refractivity contribution in [1.82, 2.24) is 4.90 Å². The van der Waals surface area contributed by atoms with Gasteiger partial charge in [-0.2, -0.15) is 0 Å². The van der Waals surface area contributed by atoms with E-state index in [0.29, 0.717) is 12.1 Å². The zero-order chi connectivity index (χ0) is 24.3. The molecule has 1 atom stereocenters. The van der Waals surface area contributed by atoms with E-state index in [0.717, 1.165) is 47.3 Å². The summed E-state index contributed by atoms with van der Waals surface area (Å²) in [7, 11) is 1.62. The number of carbonyl (C=O) groups is 2. The van der Waals surface area contributed by atoms with Gasteiger partial charge in [-0.05, 0) is 55.0 Å². The molecular formula is C28H35NO4. The smallest absolute Gasteiger partial charge is 0.295 e. The Morgan fingerprint density at radius 2 is 1.85 bits per heavy atom. The number of aliphatic hydroxyl groups excluding tert-OH is 1. The number of hydrogen-bond donors (Lipinski definition) is 1. The Morgan fingerprint density at radius 1 is 1.12 bits per heavy atom. The molecule has 1 N–H and O–H groups in total. The largest absolute Gasteiger partial charge is 0.507 e. The summed E-state index contributed by atoms with van der Waals surface area (Å²) in [6.07, 6.45) is 2.80. The Bertz CT molecular complexity index is 1080. The van der Waals surface area contributed by atoms with Crippen molar-refractivity contribution in [3.8, 4) is 5.75 Å². The molecule has 1 amide bonds. The standard InChI is InChI=1S/C28H35NO4/c1-7-8-9-13-29-25(20-12-10-11-18(4)14-20)24(27(31)28(29)32)26(30)22-16-21(17(2)3)23(33-6)15-19(22)5/h10-12,14-17,25,30H,7-9,13H2,1-6H3/b26-24+. The lowest BCUT2D eigenvalue weighted by Crippen LogP contribution is -2.30. The van der Waals surface area contributed by atoms with Crippen LogP contribution in [0.1, 0.15) is 79.8 Å². The van der Waals surface area contributed by atoms with Crippen LogP contribution < -0.4 is 4.74 Å². The second kappa shape index (κ2) is 10.2. The molecule has 0 saturated carbocycles. The minimum atomic E-state index is -0.628. The first-order valence-electron chi connectivity index (χ1n) is 11.7. The number of aliphatic hydroxyl groups is 1. The number of likely N-dealkylation sites (tertiary alicyclic amines) is 1. The molecule has 1 saturated heterocycles. The lowest BCUT2D eigenvalue weighted by molar-refractivity contribution is -0.139. The molecular weight excluding hydrogens is 414 g/mol. The predicted molar refractivity (Wildman–Crippen MR) is 132 cm³/mol. The maximum Gasteiger partial charge on any atom is 0.295 e. The van der Waals surface area contributed by atoms with Gasteiger partial charge in [-0.3, -0.25) is 9.59 Å². The number of ketones is 1. The summed E-state index contributed by atoms with van der Waals surface area (Å²) in [4.78, 5) is 28.0. The van der Waals surface area contributed by atoms with Gasteiger partial charge in [-0.1, -0.05) is 63.4 Å². The third-order valence-corrected chi connectivity index (χ3v) is 6.35. The van der Waals surface area contributed by atoms with E-state index in [-0.39, 0.29) is 17.3 Å². The topological polar surface area (TPSA) is 66.8 Å². The molecule has 1 heterocycles. The fraction of sp³-hybridized carbons (Fsp3) is 0.429. The number of carbonyl (C=O) groups excluding carboxylic acids is 2. The summed E-state index contributed by atoms with van der Waals surface area (Å²) in [5, 5.41) is 11.5. The average molecular weight is 450 g/mol. The van der Waals surface area contributed by atoms with Gasteiger partial charge in [-0.15, -0.1) is 0 Å². The van der Waals surface area contributed by atoms with Gasteiger partial charge in [0.1, 0.15) is 11.5 Å². The van der Waals surface area contributed by atoms with Crippen LogP contribution >= 0.6 is 0 Å². The second-order valence-electron chi connectivity index (χ2n) is 9.18. The lowest BCUT2D eigenvalue weighted by atomic mass is 9.90. The highest BCUT2D eigenvalue weighted by molar-refractivity contribution is 6.46. The van der Waals surface area contributed by atoms with Gasteiger partial charge in [0.25, 0.3) is 11.7 Å². The van der Waals surface area contributed by atoms with Gasteiger partial charge in [0.05, 0.1) is 18.7 Å². The Kier molecular flexibility index (Phi) is 7.62. The molecule has 33 heavy (non-hydrogen) atoms. The number of hydrogen-bond acceptors (Lipinski definition) is 4. The molecule has 1 aliphatic heterocycles. The first-order chi connectivity index (χ1) is 15.7. The maximum absolute atomic E-state index is 13.3. The minimum Gasteiger partial charge on any atom is -0.507 e. The monoisotopic (exact) mass is 449 g/mol. The van der Waals surface area contributed by atoms with Crippen LogP contribution in [0.4, 0.5) is 0 Å². The third-order valence-electron chi connectivity index (χ3n) is 6.35. The van der Waals surface area contributed by atoms with E-state index in [2.05, 4.69) is 20.8 Å². The fourth-order valence-electron chi connectivity index (χ4n) is 4.56. The molecule has 0 bridgehead atoms.